The summed E-state index contributed by atoms with van der Waals surface area (Å²) < 4.78 is 0. The third-order valence-corrected chi connectivity index (χ3v) is 6.26. The van der Waals surface area contributed by atoms with E-state index >= 15 is 0 Å². The summed E-state index contributed by atoms with van der Waals surface area (Å²) >= 11 is 0. The Kier molecular flexibility index (Phi) is 7.26. The molecule has 7 heteroatoms. The van der Waals surface area contributed by atoms with E-state index in [-0.39, 0.29) is 23.5 Å². The van der Waals surface area contributed by atoms with E-state index in [1.54, 1.807) is 0 Å². The van der Waals surface area contributed by atoms with Crippen molar-refractivity contribution in [1.82, 2.24) is 15.1 Å². The summed E-state index contributed by atoms with van der Waals surface area (Å²) in [4.78, 5) is 36.2. The molecular formula is C24H33N3O4. The first-order chi connectivity index (χ1) is 14.7. The van der Waals surface area contributed by atoms with Crippen molar-refractivity contribution < 1.29 is 19.5 Å². The van der Waals surface area contributed by atoms with Crippen LogP contribution in [0.15, 0.2) is 18.2 Å². The summed E-state index contributed by atoms with van der Waals surface area (Å²) in [5.41, 5.74) is 2.36. The minimum Gasteiger partial charge on any atom is -0.483 e. The number of fused-ring (bicyclic) bond motifs is 4. The van der Waals surface area contributed by atoms with E-state index in [0.29, 0.717) is 36.8 Å². The van der Waals surface area contributed by atoms with Gasteiger partial charge in [-0.15, -0.1) is 0 Å². The van der Waals surface area contributed by atoms with Crippen LogP contribution in [0, 0.1) is 17.3 Å². The Hall–Kier alpha value is -2.54. The number of nitrogens with zero attached hydrogens (tertiary/aromatic N) is 2. The van der Waals surface area contributed by atoms with Crippen LogP contribution in [0.5, 0.6) is 0 Å². The number of carbonyl (C=O) groups excluding carboxylic acids is 2. The first-order valence-corrected chi connectivity index (χ1v) is 11.0. The number of piperidine rings is 3. The van der Waals surface area contributed by atoms with Gasteiger partial charge in [0, 0.05) is 31.2 Å². The van der Waals surface area contributed by atoms with Gasteiger partial charge in [0.25, 0.3) is 6.47 Å². The van der Waals surface area contributed by atoms with Gasteiger partial charge in [0.2, 0.25) is 0 Å². The summed E-state index contributed by atoms with van der Waals surface area (Å²) in [6.45, 7) is 9.41. The number of aromatic nitrogens is 2. The normalized spacial score (nSPS) is 22.6. The topological polar surface area (TPSA) is 103 Å². The molecule has 31 heavy (non-hydrogen) atoms. The van der Waals surface area contributed by atoms with Gasteiger partial charge in [0.05, 0.1) is 5.52 Å². The molecule has 0 saturated carbocycles. The highest BCUT2D eigenvalue weighted by atomic mass is 16.3. The standard InChI is InChI=1S/C23H31N3O2.CH2O2/c1-23(2,3)13-18(27)10-15-4-5-20-19(11-15)22(25-24-20)21(28)12-17-14-26-8-6-16(17)7-9-26;2-1-3/h4-5,11,16-17H,6-10,12-14H2,1-3H3,(H,24,25);1H,(H,2,3)/t17-;/m0./s1. The third kappa shape index (κ3) is 6.00. The second kappa shape index (κ2) is 9.73. The van der Waals surface area contributed by atoms with Crippen molar-refractivity contribution in [3.8, 4) is 0 Å². The predicted octanol–water partition coefficient (Wildman–Crippen LogP) is 3.73. The Balaban J connectivity index is 0.000000858. The van der Waals surface area contributed by atoms with Crippen LogP contribution in [-0.4, -0.2) is 57.9 Å². The van der Waals surface area contributed by atoms with Gasteiger partial charge in [-0.2, -0.15) is 5.10 Å². The van der Waals surface area contributed by atoms with Gasteiger partial charge in [-0.05, 0) is 60.9 Å². The fourth-order valence-corrected chi connectivity index (χ4v) is 4.92. The number of carboxylic acid groups (broad SMARTS) is 1. The number of ketones is 2. The number of benzene rings is 1. The van der Waals surface area contributed by atoms with E-state index in [2.05, 4.69) is 35.9 Å². The number of H-pyrrole nitrogens is 1. The lowest BCUT2D eigenvalue weighted by Crippen LogP contribution is -2.47. The van der Waals surface area contributed by atoms with E-state index < -0.39 is 0 Å². The van der Waals surface area contributed by atoms with Gasteiger partial charge in [0.1, 0.15) is 11.5 Å². The molecule has 2 bridgehead atoms. The predicted molar refractivity (Wildman–Crippen MR) is 119 cm³/mol. The molecule has 0 aliphatic carbocycles. The second-order valence-electron chi connectivity index (χ2n) is 10.0. The Labute approximate surface area is 183 Å². The van der Waals surface area contributed by atoms with Gasteiger partial charge in [-0.1, -0.05) is 26.8 Å². The Morgan fingerprint density at radius 3 is 2.52 bits per heavy atom. The smallest absolute Gasteiger partial charge is 0.290 e. The first-order valence-electron chi connectivity index (χ1n) is 11.0. The molecule has 0 amide bonds. The molecule has 3 aliphatic heterocycles. The van der Waals surface area contributed by atoms with Crippen LogP contribution in [0.25, 0.3) is 10.9 Å². The lowest BCUT2D eigenvalue weighted by atomic mass is 9.76. The van der Waals surface area contributed by atoms with Crippen LogP contribution in [-0.2, 0) is 16.0 Å². The zero-order valence-corrected chi connectivity index (χ0v) is 18.7. The van der Waals surface area contributed by atoms with E-state index in [1.807, 2.05) is 18.2 Å². The highest BCUT2D eigenvalue weighted by Gasteiger charge is 2.35. The summed E-state index contributed by atoms with van der Waals surface area (Å²) in [5.74, 6) is 1.50. The number of hydrogen-bond donors (Lipinski definition) is 2. The molecule has 4 heterocycles. The van der Waals surface area contributed by atoms with Gasteiger partial charge in [0.15, 0.2) is 5.78 Å². The SMILES string of the molecule is CC(C)(C)CC(=O)Cc1ccc2[nH]nc(C(=O)C[C@H]3CN4CCC3CC4)c2c1.O=CO. The lowest BCUT2D eigenvalue weighted by molar-refractivity contribution is -0.123. The maximum absolute atomic E-state index is 13.0. The fraction of sp³-hybridized carbons (Fsp3) is 0.583. The highest BCUT2D eigenvalue weighted by molar-refractivity contribution is 6.06. The monoisotopic (exact) mass is 427 g/mol. The van der Waals surface area contributed by atoms with Crippen molar-refractivity contribution in [2.24, 2.45) is 17.3 Å². The summed E-state index contributed by atoms with van der Waals surface area (Å²) in [6.07, 6.45) is 3.99. The van der Waals surface area contributed by atoms with Crippen LogP contribution >= 0.6 is 0 Å². The second-order valence-corrected chi connectivity index (χ2v) is 10.0. The fourth-order valence-electron chi connectivity index (χ4n) is 4.92. The molecule has 3 fully saturated rings. The maximum atomic E-state index is 13.0. The van der Waals surface area contributed by atoms with Crippen molar-refractivity contribution in [3.05, 3.63) is 29.5 Å². The molecule has 5 rings (SSSR count). The minimum absolute atomic E-state index is 0.00659. The van der Waals surface area contributed by atoms with Gasteiger partial charge in [-0.3, -0.25) is 19.5 Å². The molecule has 1 atom stereocenters. The van der Waals surface area contributed by atoms with Crippen molar-refractivity contribution in [2.75, 3.05) is 19.6 Å². The zero-order valence-electron chi connectivity index (χ0n) is 18.7. The van der Waals surface area contributed by atoms with E-state index in [0.717, 1.165) is 23.0 Å². The molecule has 2 aromatic rings. The van der Waals surface area contributed by atoms with E-state index in [1.165, 1.54) is 25.9 Å². The van der Waals surface area contributed by atoms with Gasteiger partial charge >= 0.3 is 0 Å². The third-order valence-electron chi connectivity index (χ3n) is 6.26. The number of Topliss-reactive ketones (excluding diaryl/α,β-unsaturated/α-hetero) is 2. The van der Waals surface area contributed by atoms with Crippen molar-refractivity contribution >= 4 is 28.9 Å². The number of nitrogens with one attached hydrogen (secondary N) is 1. The number of hydrogen-bond acceptors (Lipinski definition) is 5. The molecule has 1 aromatic heterocycles. The summed E-state index contributed by atoms with van der Waals surface area (Å²) in [7, 11) is 0. The quantitative estimate of drug-likeness (QED) is 0.538. The van der Waals surface area contributed by atoms with E-state index in [4.69, 9.17) is 9.90 Å². The van der Waals surface area contributed by atoms with Crippen LogP contribution in [0.4, 0.5) is 0 Å². The average molecular weight is 428 g/mol. The lowest BCUT2D eigenvalue weighted by Gasteiger charge is -2.44. The zero-order chi connectivity index (χ0) is 22.6. The van der Waals surface area contributed by atoms with Crippen LogP contribution in [0.2, 0.25) is 0 Å². The first kappa shape index (κ1) is 23.1. The Morgan fingerprint density at radius 1 is 1.26 bits per heavy atom. The van der Waals surface area contributed by atoms with Crippen molar-refractivity contribution in [1.29, 1.82) is 0 Å². The molecule has 168 valence electrons. The minimum atomic E-state index is -0.250. The molecule has 2 N–H and O–H groups in total. The number of rotatable bonds is 6. The van der Waals surface area contributed by atoms with E-state index in [9.17, 15) is 9.59 Å². The van der Waals surface area contributed by atoms with Gasteiger partial charge in [-0.25, -0.2) is 0 Å². The molecular weight excluding hydrogens is 394 g/mol. The molecule has 1 aromatic carbocycles. The Morgan fingerprint density at radius 2 is 1.94 bits per heavy atom. The maximum Gasteiger partial charge on any atom is 0.290 e. The molecule has 7 nitrogen and oxygen atoms in total. The van der Waals surface area contributed by atoms with Crippen LogP contribution in [0.1, 0.15) is 62.5 Å². The highest BCUT2D eigenvalue weighted by Crippen LogP contribution is 2.35. The van der Waals surface area contributed by atoms with Crippen LogP contribution in [0.3, 0.4) is 0 Å². The largest absolute Gasteiger partial charge is 0.483 e. The molecule has 0 spiro atoms. The van der Waals surface area contributed by atoms with Gasteiger partial charge < -0.3 is 10.0 Å². The summed E-state index contributed by atoms with van der Waals surface area (Å²) in [5, 5.41) is 15.1. The molecule has 3 aliphatic rings. The van der Waals surface area contributed by atoms with Crippen molar-refractivity contribution in [3.63, 3.8) is 0 Å². The Bertz CT molecular complexity index is 936. The number of carbonyl (C=O) groups is 3. The summed E-state index contributed by atoms with van der Waals surface area (Å²) in [6, 6.07) is 5.87. The average Bonchev–Trinajstić information content (AvgIpc) is 3.11. The number of aromatic amines is 1. The molecule has 3 saturated heterocycles. The van der Waals surface area contributed by atoms with Crippen molar-refractivity contribution in [2.45, 2.75) is 52.9 Å². The van der Waals surface area contributed by atoms with Crippen LogP contribution < -0.4 is 0 Å². The molecule has 0 unspecified atom stereocenters. The molecule has 0 radical (unpaired) electrons.